The van der Waals surface area contributed by atoms with Gasteiger partial charge in [0.2, 0.25) is 0 Å². The van der Waals surface area contributed by atoms with Crippen LogP contribution in [-0.4, -0.2) is 25.2 Å². The van der Waals surface area contributed by atoms with Crippen LogP contribution in [-0.2, 0) is 4.79 Å². The van der Waals surface area contributed by atoms with Crippen LogP contribution in [0.1, 0.15) is 5.56 Å². The molecular formula is C16H18N2O2. The molecule has 0 aromatic heterocycles. The fourth-order valence-corrected chi connectivity index (χ4v) is 1.10. The summed E-state index contributed by atoms with van der Waals surface area (Å²) in [6.07, 6.45) is 8.12. The van der Waals surface area contributed by atoms with E-state index in [2.05, 4.69) is 5.32 Å². The van der Waals surface area contributed by atoms with Crippen LogP contribution in [0.5, 0.6) is 0 Å². The Bertz CT molecular complexity index is 523. The highest BCUT2D eigenvalue weighted by Gasteiger charge is 2.01. The lowest BCUT2D eigenvalue weighted by Gasteiger charge is -1.88. The minimum atomic E-state index is -1.22. The molecule has 0 aliphatic carbocycles. The lowest BCUT2D eigenvalue weighted by atomic mass is 10.2. The highest BCUT2D eigenvalue weighted by Crippen LogP contribution is 2.01. The summed E-state index contributed by atoms with van der Waals surface area (Å²) in [6.45, 7) is 0. The van der Waals surface area contributed by atoms with E-state index in [0.717, 1.165) is 5.56 Å². The highest BCUT2D eigenvalue weighted by atomic mass is 16.4. The van der Waals surface area contributed by atoms with Gasteiger partial charge in [-0.3, -0.25) is 0 Å². The second-order valence-corrected chi connectivity index (χ2v) is 3.65. The lowest BCUT2D eigenvalue weighted by molar-refractivity contribution is -0.132. The number of benzene rings is 1. The molecule has 1 aromatic rings. The van der Waals surface area contributed by atoms with E-state index in [1.807, 2.05) is 50.5 Å². The Morgan fingerprint density at radius 1 is 1.20 bits per heavy atom. The van der Waals surface area contributed by atoms with E-state index in [1.54, 1.807) is 18.2 Å². The molecule has 4 heteroatoms. The SMILES string of the molecule is CNC.N#CC(=CC=CC=Cc1ccccc1)C(=O)O. The molecule has 0 heterocycles. The van der Waals surface area contributed by atoms with Gasteiger partial charge in [-0.2, -0.15) is 5.26 Å². The molecule has 0 unspecified atom stereocenters. The number of nitriles is 1. The topological polar surface area (TPSA) is 73.1 Å². The number of carboxylic acids is 1. The molecule has 0 atom stereocenters. The Morgan fingerprint density at radius 3 is 2.30 bits per heavy atom. The van der Waals surface area contributed by atoms with E-state index in [4.69, 9.17) is 10.4 Å². The molecule has 20 heavy (non-hydrogen) atoms. The summed E-state index contributed by atoms with van der Waals surface area (Å²) in [5.41, 5.74) is 0.772. The van der Waals surface area contributed by atoms with Gasteiger partial charge in [0, 0.05) is 0 Å². The molecule has 0 spiro atoms. The van der Waals surface area contributed by atoms with Gasteiger partial charge >= 0.3 is 5.97 Å². The van der Waals surface area contributed by atoms with Crippen molar-refractivity contribution in [3.8, 4) is 6.07 Å². The van der Waals surface area contributed by atoms with Crippen molar-refractivity contribution in [2.24, 2.45) is 0 Å². The Morgan fingerprint density at radius 2 is 1.80 bits per heavy atom. The zero-order valence-electron chi connectivity index (χ0n) is 11.6. The predicted molar refractivity (Wildman–Crippen MR) is 80.9 cm³/mol. The van der Waals surface area contributed by atoms with E-state index in [1.165, 1.54) is 12.2 Å². The van der Waals surface area contributed by atoms with Crippen LogP contribution in [0.2, 0.25) is 0 Å². The van der Waals surface area contributed by atoms with Crippen molar-refractivity contribution in [2.45, 2.75) is 0 Å². The summed E-state index contributed by atoms with van der Waals surface area (Å²) in [6, 6.07) is 11.3. The van der Waals surface area contributed by atoms with E-state index < -0.39 is 5.97 Å². The Hall–Kier alpha value is -2.64. The third-order valence-electron chi connectivity index (χ3n) is 1.92. The number of carboxylic acid groups (broad SMARTS) is 1. The summed E-state index contributed by atoms with van der Waals surface area (Å²) >= 11 is 0. The minimum absolute atomic E-state index is 0.283. The number of allylic oxidation sites excluding steroid dienone is 4. The second-order valence-electron chi connectivity index (χ2n) is 3.65. The molecule has 0 amide bonds. The van der Waals surface area contributed by atoms with Gasteiger partial charge < -0.3 is 10.4 Å². The predicted octanol–water partition coefficient (Wildman–Crippen LogP) is 2.63. The van der Waals surface area contributed by atoms with Crippen LogP contribution in [0.4, 0.5) is 0 Å². The quantitative estimate of drug-likeness (QED) is 0.501. The summed E-state index contributed by atoms with van der Waals surface area (Å²) in [5.74, 6) is -1.22. The van der Waals surface area contributed by atoms with Crippen molar-refractivity contribution in [2.75, 3.05) is 14.1 Å². The van der Waals surface area contributed by atoms with Gasteiger partial charge in [0.05, 0.1) is 0 Å². The number of carbonyl (C=O) groups is 1. The zero-order valence-corrected chi connectivity index (χ0v) is 11.6. The van der Waals surface area contributed by atoms with E-state index in [9.17, 15) is 4.79 Å². The summed E-state index contributed by atoms with van der Waals surface area (Å²) in [7, 11) is 3.75. The maximum absolute atomic E-state index is 10.5. The molecule has 1 rings (SSSR count). The first-order chi connectivity index (χ1) is 9.65. The Labute approximate surface area is 119 Å². The van der Waals surface area contributed by atoms with Crippen molar-refractivity contribution < 1.29 is 9.90 Å². The number of rotatable bonds is 4. The smallest absolute Gasteiger partial charge is 0.346 e. The largest absolute Gasteiger partial charge is 0.477 e. The normalized spacial score (nSPS) is 10.9. The zero-order chi connectivity index (χ0) is 15.2. The van der Waals surface area contributed by atoms with Crippen molar-refractivity contribution in [1.29, 1.82) is 5.26 Å². The van der Waals surface area contributed by atoms with E-state index >= 15 is 0 Å². The maximum Gasteiger partial charge on any atom is 0.346 e. The molecule has 0 bridgehead atoms. The van der Waals surface area contributed by atoms with Crippen molar-refractivity contribution in [3.05, 3.63) is 65.8 Å². The van der Waals surface area contributed by atoms with Gasteiger partial charge in [0.25, 0.3) is 0 Å². The van der Waals surface area contributed by atoms with Crippen LogP contribution >= 0.6 is 0 Å². The van der Waals surface area contributed by atoms with Crippen molar-refractivity contribution >= 4 is 12.0 Å². The monoisotopic (exact) mass is 270 g/mol. The van der Waals surface area contributed by atoms with Gasteiger partial charge in [-0.15, -0.1) is 0 Å². The highest BCUT2D eigenvalue weighted by molar-refractivity contribution is 5.91. The summed E-state index contributed by atoms with van der Waals surface area (Å²) in [5, 5.41) is 19.8. The molecule has 0 saturated heterocycles. The van der Waals surface area contributed by atoms with Crippen LogP contribution in [0.3, 0.4) is 0 Å². The van der Waals surface area contributed by atoms with Crippen LogP contribution in [0, 0.1) is 11.3 Å². The molecule has 4 nitrogen and oxygen atoms in total. The fraction of sp³-hybridized carbons (Fsp3) is 0.125. The van der Waals surface area contributed by atoms with Gasteiger partial charge in [-0.25, -0.2) is 4.79 Å². The molecule has 0 saturated carbocycles. The number of aliphatic carboxylic acids is 1. The van der Waals surface area contributed by atoms with Gasteiger partial charge in [-0.05, 0) is 25.7 Å². The number of hydrogen-bond donors (Lipinski definition) is 2. The number of hydrogen-bond acceptors (Lipinski definition) is 3. The third kappa shape index (κ3) is 8.45. The van der Waals surface area contributed by atoms with Crippen molar-refractivity contribution in [1.82, 2.24) is 5.32 Å². The van der Waals surface area contributed by atoms with Gasteiger partial charge in [0.1, 0.15) is 11.6 Å². The number of nitrogens with zero attached hydrogens (tertiary/aromatic N) is 1. The molecule has 0 radical (unpaired) electrons. The first-order valence-electron chi connectivity index (χ1n) is 5.97. The molecule has 104 valence electrons. The first kappa shape index (κ1) is 17.4. The van der Waals surface area contributed by atoms with E-state index in [-0.39, 0.29) is 5.57 Å². The Kier molecular flexibility index (Phi) is 9.94. The van der Waals surface area contributed by atoms with Crippen molar-refractivity contribution in [3.63, 3.8) is 0 Å². The maximum atomic E-state index is 10.5. The molecule has 2 N–H and O–H groups in total. The molecule has 0 fully saturated rings. The third-order valence-corrected chi connectivity index (χ3v) is 1.92. The van der Waals surface area contributed by atoms with E-state index in [0.29, 0.717) is 0 Å². The number of nitrogens with one attached hydrogen (secondary N) is 1. The standard InChI is InChI=1S/C14H11NO2.C2H7N/c15-11-13(14(16)17)10-6-2-5-9-12-7-3-1-4-8-12;1-3-2/h1-10H,(H,16,17);3H,1-2H3. The minimum Gasteiger partial charge on any atom is -0.477 e. The van der Waals surface area contributed by atoms with Crippen LogP contribution in [0.15, 0.2) is 60.2 Å². The van der Waals surface area contributed by atoms with Crippen LogP contribution in [0.25, 0.3) is 6.08 Å². The first-order valence-corrected chi connectivity index (χ1v) is 5.97. The average molecular weight is 270 g/mol. The summed E-state index contributed by atoms with van der Waals surface area (Å²) in [4.78, 5) is 10.5. The molecule has 0 aliphatic heterocycles. The molecule has 1 aromatic carbocycles. The van der Waals surface area contributed by atoms with Gasteiger partial charge in [0.15, 0.2) is 0 Å². The van der Waals surface area contributed by atoms with Gasteiger partial charge in [-0.1, -0.05) is 54.6 Å². The van der Waals surface area contributed by atoms with Crippen LogP contribution < -0.4 is 5.32 Å². The summed E-state index contributed by atoms with van der Waals surface area (Å²) < 4.78 is 0. The Balaban J connectivity index is 0.00000110. The fourth-order valence-electron chi connectivity index (χ4n) is 1.10. The second kappa shape index (κ2) is 11.5. The average Bonchev–Trinajstić information content (AvgIpc) is 2.44. The molecular weight excluding hydrogens is 252 g/mol. The lowest BCUT2D eigenvalue weighted by Crippen LogP contribution is -1.96. The molecule has 0 aliphatic rings.